The standard InChI is InChI=1S/C20H20F2N4/c21-20(22)17-9-4-14(12-24-17)11-23-16-7-5-15(6-8-16)18-13-26-10-2-1-3-19(26)25-18/h4-9,12-13,20,23H,1-3,10-11H2. The Kier molecular flexibility index (Phi) is 4.65. The molecule has 0 saturated heterocycles. The molecule has 0 amide bonds. The number of alkyl halides is 2. The molecule has 0 fully saturated rings. The molecule has 134 valence electrons. The van der Waals surface area contributed by atoms with Gasteiger partial charge in [-0.05, 0) is 36.6 Å². The minimum atomic E-state index is -2.53. The van der Waals surface area contributed by atoms with Gasteiger partial charge >= 0.3 is 0 Å². The minimum Gasteiger partial charge on any atom is -0.381 e. The molecule has 0 aliphatic carbocycles. The number of nitrogens with zero attached hydrogens (tertiary/aromatic N) is 3. The average molecular weight is 354 g/mol. The van der Waals surface area contributed by atoms with Crippen LogP contribution in [0.1, 0.15) is 36.3 Å². The molecule has 26 heavy (non-hydrogen) atoms. The molecule has 0 saturated carbocycles. The van der Waals surface area contributed by atoms with E-state index in [9.17, 15) is 8.78 Å². The summed E-state index contributed by atoms with van der Waals surface area (Å²) in [6.07, 6.45) is 4.58. The number of aryl methyl sites for hydroxylation is 2. The number of fused-ring (bicyclic) bond motifs is 1. The second-order valence-corrected chi connectivity index (χ2v) is 6.52. The Morgan fingerprint density at radius 3 is 2.62 bits per heavy atom. The number of hydrogen-bond acceptors (Lipinski definition) is 3. The summed E-state index contributed by atoms with van der Waals surface area (Å²) in [5, 5.41) is 3.28. The third kappa shape index (κ3) is 3.59. The summed E-state index contributed by atoms with van der Waals surface area (Å²) in [5.74, 6) is 1.17. The van der Waals surface area contributed by atoms with Crippen LogP contribution in [0.4, 0.5) is 14.5 Å². The predicted octanol–water partition coefficient (Wildman–Crippen LogP) is 4.83. The number of halogens is 2. The summed E-state index contributed by atoms with van der Waals surface area (Å²) in [4.78, 5) is 8.52. The van der Waals surface area contributed by atoms with Crippen LogP contribution in [0.3, 0.4) is 0 Å². The molecule has 1 aliphatic heterocycles. The van der Waals surface area contributed by atoms with Crippen molar-refractivity contribution in [1.82, 2.24) is 14.5 Å². The molecule has 0 atom stereocenters. The van der Waals surface area contributed by atoms with Gasteiger partial charge < -0.3 is 9.88 Å². The molecule has 0 spiro atoms. The number of pyridine rings is 1. The van der Waals surface area contributed by atoms with E-state index in [1.165, 1.54) is 30.9 Å². The molecule has 0 bridgehead atoms. The minimum absolute atomic E-state index is 0.194. The molecule has 3 aromatic rings. The van der Waals surface area contributed by atoms with Gasteiger partial charge in [0.25, 0.3) is 6.43 Å². The van der Waals surface area contributed by atoms with Crippen molar-refractivity contribution in [1.29, 1.82) is 0 Å². The Bertz CT molecular complexity index is 846. The topological polar surface area (TPSA) is 42.7 Å². The van der Waals surface area contributed by atoms with E-state index in [0.29, 0.717) is 6.54 Å². The van der Waals surface area contributed by atoms with Gasteiger partial charge in [0.1, 0.15) is 11.5 Å². The fourth-order valence-electron chi connectivity index (χ4n) is 3.18. The molecule has 6 heteroatoms. The summed E-state index contributed by atoms with van der Waals surface area (Å²) in [6, 6.07) is 11.2. The fraction of sp³-hybridized carbons (Fsp3) is 0.300. The van der Waals surface area contributed by atoms with Crippen LogP contribution in [0.2, 0.25) is 0 Å². The largest absolute Gasteiger partial charge is 0.381 e. The Morgan fingerprint density at radius 2 is 1.92 bits per heavy atom. The van der Waals surface area contributed by atoms with E-state index in [1.54, 1.807) is 6.07 Å². The average Bonchev–Trinajstić information content (AvgIpc) is 3.11. The van der Waals surface area contributed by atoms with Gasteiger partial charge in [-0.15, -0.1) is 0 Å². The van der Waals surface area contributed by atoms with Crippen LogP contribution in [0.15, 0.2) is 48.8 Å². The highest BCUT2D eigenvalue weighted by molar-refractivity contribution is 5.62. The summed E-state index contributed by atoms with van der Waals surface area (Å²) >= 11 is 0. The predicted molar refractivity (Wildman–Crippen MR) is 97.1 cm³/mol. The maximum Gasteiger partial charge on any atom is 0.280 e. The van der Waals surface area contributed by atoms with E-state index in [4.69, 9.17) is 4.98 Å². The first kappa shape index (κ1) is 16.7. The van der Waals surface area contributed by atoms with Crippen LogP contribution in [0.25, 0.3) is 11.3 Å². The molecular formula is C20H20F2N4. The Balaban J connectivity index is 1.40. The van der Waals surface area contributed by atoms with Crippen LogP contribution in [0, 0.1) is 0 Å². The molecule has 1 aliphatic rings. The second-order valence-electron chi connectivity index (χ2n) is 6.52. The van der Waals surface area contributed by atoms with E-state index in [0.717, 1.165) is 35.5 Å². The van der Waals surface area contributed by atoms with Crippen LogP contribution in [0.5, 0.6) is 0 Å². The molecule has 1 N–H and O–H groups in total. The monoisotopic (exact) mass is 354 g/mol. The maximum atomic E-state index is 12.5. The SMILES string of the molecule is FC(F)c1ccc(CNc2ccc(-c3cn4c(n3)CCCC4)cc2)cn1. The summed E-state index contributed by atoms with van der Waals surface area (Å²) < 4.78 is 27.3. The quantitative estimate of drug-likeness (QED) is 0.713. The van der Waals surface area contributed by atoms with E-state index in [-0.39, 0.29) is 5.69 Å². The molecule has 0 radical (unpaired) electrons. The summed E-state index contributed by atoms with van der Waals surface area (Å²) in [7, 11) is 0. The molecule has 3 heterocycles. The number of benzene rings is 1. The molecular weight excluding hydrogens is 334 g/mol. The molecule has 2 aromatic heterocycles. The number of anilines is 1. The Morgan fingerprint density at radius 1 is 1.08 bits per heavy atom. The van der Waals surface area contributed by atoms with E-state index in [1.807, 2.05) is 12.1 Å². The lowest BCUT2D eigenvalue weighted by Gasteiger charge is -2.11. The summed E-state index contributed by atoms with van der Waals surface area (Å²) in [6.45, 7) is 1.59. The first-order valence-corrected chi connectivity index (χ1v) is 8.82. The van der Waals surface area contributed by atoms with Crippen molar-refractivity contribution in [2.75, 3.05) is 5.32 Å². The molecule has 4 nitrogen and oxygen atoms in total. The van der Waals surface area contributed by atoms with Gasteiger partial charge in [-0.2, -0.15) is 0 Å². The zero-order valence-electron chi connectivity index (χ0n) is 14.3. The summed E-state index contributed by atoms with van der Waals surface area (Å²) in [5.41, 5.74) is 3.75. The normalized spacial score (nSPS) is 13.7. The van der Waals surface area contributed by atoms with Gasteiger partial charge in [0, 0.05) is 43.2 Å². The van der Waals surface area contributed by atoms with Gasteiger partial charge in [-0.1, -0.05) is 18.2 Å². The lowest BCUT2D eigenvalue weighted by Crippen LogP contribution is -2.08. The number of imidazole rings is 1. The van der Waals surface area contributed by atoms with Gasteiger partial charge in [0.05, 0.1) is 5.69 Å². The van der Waals surface area contributed by atoms with Gasteiger partial charge in [0.15, 0.2) is 0 Å². The van der Waals surface area contributed by atoms with E-state index >= 15 is 0 Å². The Hall–Kier alpha value is -2.76. The van der Waals surface area contributed by atoms with Gasteiger partial charge in [0.2, 0.25) is 0 Å². The zero-order valence-corrected chi connectivity index (χ0v) is 14.3. The number of aromatic nitrogens is 3. The fourth-order valence-corrected chi connectivity index (χ4v) is 3.18. The number of nitrogens with one attached hydrogen (secondary N) is 1. The van der Waals surface area contributed by atoms with E-state index in [2.05, 4.69) is 33.2 Å². The smallest absolute Gasteiger partial charge is 0.280 e. The highest BCUT2D eigenvalue weighted by Gasteiger charge is 2.13. The molecule has 4 rings (SSSR count). The van der Waals surface area contributed by atoms with Crippen molar-refractivity contribution < 1.29 is 8.78 Å². The maximum absolute atomic E-state index is 12.5. The number of hydrogen-bond donors (Lipinski definition) is 1. The first-order chi connectivity index (χ1) is 12.7. The van der Waals surface area contributed by atoms with Crippen LogP contribution in [-0.4, -0.2) is 14.5 Å². The second kappa shape index (κ2) is 7.23. The van der Waals surface area contributed by atoms with Gasteiger partial charge in [-0.3, -0.25) is 4.98 Å². The van der Waals surface area contributed by atoms with Crippen molar-refractivity contribution in [2.45, 2.75) is 38.8 Å². The van der Waals surface area contributed by atoms with Crippen molar-refractivity contribution in [2.24, 2.45) is 0 Å². The lowest BCUT2D eigenvalue weighted by atomic mass is 10.1. The van der Waals surface area contributed by atoms with Crippen molar-refractivity contribution in [3.05, 3.63) is 65.9 Å². The van der Waals surface area contributed by atoms with E-state index < -0.39 is 6.43 Å². The zero-order chi connectivity index (χ0) is 17.9. The van der Waals surface area contributed by atoms with Crippen molar-refractivity contribution >= 4 is 5.69 Å². The first-order valence-electron chi connectivity index (χ1n) is 8.82. The van der Waals surface area contributed by atoms with Crippen LogP contribution < -0.4 is 5.32 Å². The Labute approximate surface area is 150 Å². The highest BCUT2D eigenvalue weighted by atomic mass is 19.3. The lowest BCUT2D eigenvalue weighted by molar-refractivity contribution is 0.146. The molecule has 1 aromatic carbocycles. The van der Waals surface area contributed by atoms with Crippen LogP contribution in [-0.2, 0) is 19.5 Å². The van der Waals surface area contributed by atoms with Gasteiger partial charge in [-0.25, -0.2) is 13.8 Å². The third-order valence-electron chi connectivity index (χ3n) is 4.66. The van der Waals surface area contributed by atoms with Crippen molar-refractivity contribution in [3.63, 3.8) is 0 Å². The van der Waals surface area contributed by atoms with Crippen molar-refractivity contribution in [3.8, 4) is 11.3 Å². The van der Waals surface area contributed by atoms with Crippen LogP contribution >= 0.6 is 0 Å². The molecule has 0 unspecified atom stereocenters. The number of rotatable bonds is 5. The highest BCUT2D eigenvalue weighted by Crippen LogP contribution is 2.24. The third-order valence-corrected chi connectivity index (χ3v) is 4.66.